The van der Waals surface area contributed by atoms with E-state index in [0.717, 1.165) is 57.2 Å². The van der Waals surface area contributed by atoms with Gasteiger partial charge in [-0.25, -0.2) is 4.39 Å². The number of piperazine rings is 1. The van der Waals surface area contributed by atoms with E-state index in [1.165, 1.54) is 38.2 Å². The molecule has 2 aromatic rings. The Morgan fingerprint density at radius 3 is 2.39 bits per heavy atom. The van der Waals surface area contributed by atoms with Crippen molar-refractivity contribution in [2.75, 3.05) is 45.8 Å². The second-order valence-electron chi connectivity index (χ2n) is 11.3. The van der Waals surface area contributed by atoms with Crippen LogP contribution in [0.5, 0.6) is 0 Å². The Balaban J connectivity index is 1.26. The van der Waals surface area contributed by atoms with Crippen molar-refractivity contribution < 1.29 is 9.18 Å². The fourth-order valence-electron chi connectivity index (χ4n) is 6.63. The Labute approximate surface area is 241 Å². The van der Waals surface area contributed by atoms with Gasteiger partial charge in [0.15, 0.2) is 0 Å². The number of hydrogen-bond acceptors (Lipinski definition) is 3. The first-order chi connectivity index (χ1) is 18.3. The monoisotopic (exact) mass is 579 g/mol. The summed E-state index contributed by atoms with van der Waals surface area (Å²) in [7, 11) is 0. The van der Waals surface area contributed by atoms with E-state index in [1.807, 2.05) is 17.0 Å². The number of carbonyl (C=O) groups is 1. The van der Waals surface area contributed by atoms with Gasteiger partial charge in [-0.15, -0.1) is 0 Å². The maximum atomic E-state index is 14.4. The highest BCUT2D eigenvalue weighted by Gasteiger charge is 2.42. The molecule has 2 aromatic carbocycles. The summed E-state index contributed by atoms with van der Waals surface area (Å²) in [5.41, 5.74) is 1.16. The molecule has 206 valence electrons. The van der Waals surface area contributed by atoms with Crippen LogP contribution in [0.25, 0.3) is 0 Å². The van der Waals surface area contributed by atoms with Crippen LogP contribution in [-0.2, 0) is 16.6 Å². The summed E-state index contributed by atoms with van der Waals surface area (Å²) in [5, 5.41) is 1.36. The molecule has 38 heavy (non-hydrogen) atoms. The Kier molecular flexibility index (Phi) is 9.21. The summed E-state index contributed by atoms with van der Waals surface area (Å²) < 4.78 is 14.4. The lowest BCUT2D eigenvalue weighted by Crippen LogP contribution is -2.51. The standard InChI is InChI=1S/C30H37Cl3FN3O/c31-25-7-4-8-28(34)24(25)20-29(38)37-14-12-30(21-37,22-9-10-26(32)27(33)19-22)11-13-35-15-17-36(18-16-35)23-5-2-1-3-6-23/h4,7-10,19,23H,1-3,5-6,11-18,20-21H2. The molecule has 2 saturated heterocycles. The van der Waals surface area contributed by atoms with Crippen molar-refractivity contribution in [1.82, 2.24) is 14.7 Å². The smallest absolute Gasteiger partial charge is 0.227 e. The minimum absolute atomic E-state index is 0.0356. The topological polar surface area (TPSA) is 26.8 Å². The van der Waals surface area contributed by atoms with Crippen LogP contribution in [-0.4, -0.2) is 72.5 Å². The van der Waals surface area contributed by atoms with Gasteiger partial charge in [0, 0.05) is 61.3 Å². The van der Waals surface area contributed by atoms with Gasteiger partial charge in [-0.2, -0.15) is 0 Å². The Morgan fingerprint density at radius 1 is 0.921 bits per heavy atom. The molecule has 2 heterocycles. The predicted octanol–water partition coefficient (Wildman–Crippen LogP) is 6.84. The lowest BCUT2D eigenvalue weighted by molar-refractivity contribution is -0.129. The molecule has 5 rings (SSSR count). The van der Waals surface area contributed by atoms with Crippen molar-refractivity contribution in [3.05, 3.63) is 68.4 Å². The number of halogens is 4. The normalized spacial score (nSPS) is 23.7. The number of carbonyl (C=O) groups excluding carboxylic acids is 1. The molecule has 1 unspecified atom stereocenters. The molecule has 0 N–H and O–H groups in total. The maximum absolute atomic E-state index is 14.4. The second-order valence-corrected chi connectivity index (χ2v) is 12.5. The van der Waals surface area contributed by atoms with Gasteiger partial charge in [0.05, 0.1) is 16.5 Å². The van der Waals surface area contributed by atoms with Gasteiger partial charge in [0.1, 0.15) is 5.82 Å². The fourth-order valence-corrected chi connectivity index (χ4v) is 7.16. The SMILES string of the molecule is O=C(Cc1c(F)cccc1Cl)N1CCC(CCN2CCN(C3CCCCC3)CC2)(c2ccc(Cl)c(Cl)c2)C1. The van der Waals surface area contributed by atoms with E-state index in [-0.39, 0.29) is 23.3 Å². The molecule has 0 spiro atoms. The van der Waals surface area contributed by atoms with Crippen molar-refractivity contribution in [1.29, 1.82) is 0 Å². The zero-order valence-corrected chi connectivity index (χ0v) is 24.2. The zero-order valence-electron chi connectivity index (χ0n) is 21.9. The number of likely N-dealkylation sites (tertiary alicyclic amines) is 1. The van der Waals surface area contributed by atoms with E-state index in [0.29, 0.717) is 28.2 Å². The molecular weight excluding hydrogens is 544 g/mol. The highest BCUT2D eigenvalue weighted by Crippen LogP contribution is 2.41. The number of amides is 1. The van der Waals surface area contributed by atoms with Crippen LogP contribution >= 0.6 is 34.8 Å². The summed E-state index contributed by atoms with van der Waals surface area (Å²) in [6, 6.07) is 11.2. The first-order valence-corrected chi connectivity index (χ1v) is 15.1. The van der Waals surface area contributed by atoms with Gasteiger partial charge >= 0.3 is 0 Å². The zero-order chi connectivity index (χ0) is 26.7. The quantitative estimate of drug-likeness (QED) is 0.359. The van der Waals surface area contributed by atoms with Crippen LogP contribution in [0.15, 0.2) is 36.4 Å². The van der Waals surface area contributed by atoms with Gasteiger partial charge in [0.25, 0.3) is 0 Å². The van der Waals surface area contributed by atoms with Crippen molar-refractivity contribution >= 4 is 40.7 Å². The Morgan fingerprint density at radius 2 is 1.68 bits per heavy atom. The van der Waals surface area contributed by atoms with Gasteiger partial charge in [-0.05, 0) is 62.1 Å². The average Bonchev–Trinajstić information content (AvgIpc) is 3.38. The summed E-state index contributed by atoms with van der Waals surface area (Å²) in [4.78, 5) is 20.4. The van der Waals surface area contributed by atoms with E-state index in [4.69, 9.17) is 34.8 Å². The Hall–Kier alpha value is -1.37. The van der Waals surface area contributed by atoms with Gasteiger partial charge in [-0.3, -0.25) is 9.69 Å². The van der Waals surface area contributed by atoms with E-state index >= 15 is 0 Å². The van der Waals surface area contributed by atoms with Gasteiger partial charge < -0.3 is 9.80 Å². The lowest BCUT2D eigenvalue weighted by atomic mass is 9.76. The molecule has 1 amide bonds. The van der Waals surface area contributed by atoms with Crippen LogP contribution in [0.1, 0.15) is 56.1 Å². The van der Waals surface area contributed by atoms with E-state index in [1.54, 1.807) is 12.1 Å². The second kappa shape index (κ2) is 12.4. The first kappa shape index (κ1) is 28.2. The third kappa shape index (κ3) is 6.33. The van der Waals surface area contributed by atoms with E-state index in [2.05, 4.69) is 15.9 Å². The molecule has 0 radical (unpaired) electrons. The number of nitrogens with zero attached hydrogens (tertiary/aromatic N) is 3. The van der Waals surface area contributed by atoms with Crippen LogP contribution in [0.2, 0.25) is 15.1 Å². The molecule has 1 atom stereocenters. The molecule has 0 bridgehead atoms. The summed E-state index contributed by atoms with van der Waals surface area (Å²) in [6.45, 7) is 6.63. The third-order valence-corrected chi connectivity index (χ3v) is 10.1. The lowest BCUT2D eigenvalue weighted by Gasteiger charge is -2.42. The van der Waals surface area contributed by atoms with Crippen molar-refractivity contribution in [3.63, 3.8) is 0 Å². The largest absolute Gasteiger partial charge is 0.341 e. The highest BCUT2D eigenvalue weighted by atomic mass is 35.5. The average molecular weight is 581 g/mol. The van der Waals surface area contributed by atoms with Crippen LogP contribution < -0.4 is 0 Å². The van der Waals surface area contributed by atoms with Gasteiger partial charge in [-0.1, -0.05) is 66.2 Å². The number of hydrogen-bond donors (Lipinski definition) is 0. The van der Waals surface area contributed by atoms with Crippen LogP contribution in [0.4, 0.5) is 4.39 Å². The van der Waals surface area contributed by atoms with Crippen LogP contribution in [0, 0.1) is 5.82 Å². The van der Waals surface area contributed by atoms with Crippen molar-refractivity contribution in [2.24, 2.45) is 0 Å². The van der Waals surface area contributed by atoms with Gasteiger partial charge in [0.2, 0.25) is 5.91 Å². The molecular formula is C30H37Cl3FN3O. The highest BCUT2D eigenvalue weighted by molar-refractivity contribution is 6.42. The van der Waals surface area contributed by atoms with E-state index in [9.17, 15) is 9.18 Å². The Bertz CT molecular complexity index is 1110. The molecule has 2 aliphatic heterocycles. The molecule has 4 nitrogen and oxygen atoms in total. The van der Waals surface area contributed by atoms with E-state index < -0.39 is 5.82 Å². The minimum atomic E-state index is -0.437. The molecule has 1 saturated carbocycles. The molecule has 3 fully saturated rings. The minimum Gasteiger partial charge on any atom is -0.341 e. The molecule has 3 aliphatic rings. The van der Waals surface area contributed by atoms with Crippen molar-refractivity contribution in [3.8, 4) is 0 Å². The molecule has 8 heteroatoms. The fraction of sp³-hybridized carbons (Fsp3) is 0.567. The maximum Gasteiger partial charge on any atom is 0.227 e. The third-order valence-electron chi connectivity index (χ3n) is 9.03. The number of benzene rings is 2. The number of rotatable bonds is 7. The first-order valence-electron chi connectivity index (χ1n) is 14.0. The molecule has 0 aromatic heterocycles. The summed E-state index contributed by atoms with van der Waals surface area (Å²) in [5.74, 6) is -0.534. The predicted molar refractivity (Wildman–Crippen MR) is 154 cm³/mol. The van der Waals surface area contributed by atoms with Crippen molar-refractivity contribution in [2.45, 2.75) is 62.8 Å². The van der Waals surface area contributed by atoms with Crippen LogP contribution in [0.3, 0.4) is 0 Å². The molecule has 1 aliphatic carbocycles. The summed E-state index contributed by atoms with van der Waals surface area (Å²) in [6.07, 6.45) is 8.56. The summed E-state index contributed by atoms with van der Waals surface area (Å²) >= 11 is 18.9.